The second kappa shape index (κ2) is 17.8. The van der Waals surface area contributed by atoms with Crippen molar-refractivity contribution in [2.24, 2.45) is 28.4 Å². The third kappa shape index (κ3) is 8.32. The number of pyridine rings is 1. The average molecular weight is 929 g/mol. The number of hydrogen-bond donors (Lipinski definition) is 2. The van der Waals surface area contributed by atoms with Crippen molar-refractivity contribution in [3.8, 4) is 23.7 Å². The van der Waals surface area contributed by atoms with Crippen LogP contribution in [0.4, 0.5) is 0 Å². The van der Waals surface area contributed by atoms with E-state index >= 15 is 0 Å². The summed E-state index contributed by atoms with van der Waals surface area (Å²) in [6.45, 7) is 11.4. The van der Waals surface area contributed by atoms with E-state index in [0.717, 1.165) is 56.5 Å². The number of nitrogens with zero attached hydrogens (tertiary/aromatic N) is 9. The minimum atomic E-state index is -1.13. The predicted molar refractivity (Wildman–Crippen MR) is 245 cm³/mol. The lowest BCUT2D eigenvalue weighted by Gasteiger charge is -2.65. The van der Waals surface area contributed by atoms with Crippen molar-refractivity contribution < 1.29 is 29.0 Å². The first-order valence-electron chi connectivity index (χ1n) is 22.8. The molecule has 2 aromatic heterocycles. The van der Waals surface area contributed by atoms with Gasteiger partial charge in [-0.1, -0.05) is 56.5 Å². The molecule has 6 aliphatic rings. The van der Waals surface area contributed by atoms with Gasteiger partial charge in [0.05, 0.1) is 27.6 Å². The molecule has 67 heavy (non-hydrogen) atoms. The number of fused-ring (bicyclic) bond motifs is 4. The third-order valence-electron chi connectivity index (χ3n) is 14.8. The summed E-state index contributed by atoms with van der Waals surface area (Å²) in [5, 5.41) is 33.5. The van der Waals surface area contributed by atoms with Crippen LogP contribution in [0.25, 0.3) is 10.9 Å². The molecule has 5 aliphatic heterocycles. The Kier molecular flexibility index (Phi) is 12.2. The van der Waals surface area contributed by atoms with Crippen LogP contribution in [0.2, 0.25) is 5.02 Å². The molecular formula is C49H53ClN10O7. The van der Waals surface area contributed by atoms with Gasteiger partial charge in [0.15, 0.2) is 0 Å². The van der Waals surface area contributed by atoms with Crippen molar-refractivity contribution in [1.29, 1.82) is 5.26 Å². The Balaban J connectivity index is 0.936. The van der Waals surface area contributed by atoms with Gasteiger partial charge in [-0.25, -0.2) is 15.0 Å². The molecule has 2 aromatic carbocycles. The number of hydrogen-bond acceptors (Lipinski definition) is 13. The van der Waals surface area contributed by atoms with Crippen LogP contribution >= 0.6 is 11.6 Å². The second-order valence-corrected chi connectivity index (χ2v) is 20.1. The zero-order chi connectivity index (χ0) is 47.5. The lowest BCUT2D eigenvalue weighted by atomic mass is 9.48. The van der Waals surface area contributed by atoms with E-state index < -0.39 is 58.4 Å². The summed E-state index contributed by atoms with van der Waals surface area (Å²) >= 11 is 6.30. The minimum absolute atomic E-state index is 0.00687. The number of likely N-dealkylation sites (tertiary alicyclic amines) is 2. The van der Waals surface area contributed by atoms with Gasteiger partial charge in [-0.2, -0.15) is 9.94 Å². The predicted octanol–water partition coefficient (Wildman–Crippen LogP) is 4.58. The maximum absolute atomic E-state index is 14.6. The molecule has 3 atom stereocenters. The smallest absolute Gasteiger partial charge is 0.326 e. The third-order valence-corrected chi connectivity index (χ3v) is 15.1. The van der Waals surface area contributed by atoms with E-state index in [9.17, 15) is 34.3 Å². The molecule has 17 nitrogen and oxygen atoms in total. The maximum atomic E-state index is 14.6. The molecule has 1 saturated carbocycles. The number of benzene rings is 2. The normalized spacial score (nSPS) is 26.5. The summed E-state index contributed by atoms with van der Waals surface area (Å²) in [6, 6.07) is 12.1. The number of carboxylic acids is 1. The molecule has 2 bridgehead atoms. The number of imide groups is 1. The number of primary amides is 1. The fraction of sp³-hybridized carbons (Fsp3) is 0.490. The summed E-state index contributed by atoms with van der Waals surface area (Å²) in [5.74, 6) is 4.88. The van der Waals surface area contributed by atoms with Gasteiger partial charge in [0.2, 0.25) is 11.8 Å². The van der Waals surface area contributed by atoms with Gasteiger partial charge < -0.3 is 20.5 Å². The Labute approximate surface area is 392 Å². The van der Waals surface area contributed by atoms with Crippen molar-refractivity contribution in [3.63, 3.8) is 0 Å². The minimum Gasteiger partial charge on any atom is -0.489 e. The topological polar surface area (TPSA) is 221 Å². The second-order valence-electron chi connectivity index (χ2n) is 19.7. The molecule has 4 aromatic rings. The Morgan fingerprint density at radius 2 is 1.70 bits per heavy atom. The van der Waals surface area contributed by atoms with Crippen LogP contribution in [0.5, 0.6) is 5.75 Å². The lowest BCUT2D eigenvalue weighted by molar-refractivity contribution is -0.216. The number of aromatic nitrogens is 4. The first kappa shape index (κ1) is 45.9. The molecule has 0 spiro atoms. The Morgan fingerprint density at radius 3 is 2.34 bits per heavy atom. The highest BCUT2D eigenvalue weighted by atomic mass is 35.5. The maximum Gasteiger partial charge on any atom is 0.326 e. The Morgan fingerprint density at radius 1 is 0.970 bits per heavy atom. The molecule has 3 amide bonds. The molecule has 1 aliphatic carbocycles. The van der Waals surface area contributed by atoms with E-state index in [1.54, 1.807) is 48.5 Å². The fourth-order valence-electron chi connectivity index (χ4n) is 11.8. The number of piperidine rings is 3. The molecule has 0 unspecified atom stereocenters. The zero-order valence-corrected chi connectivity index (χ0v) is 38.6. The molecule has 5 saturated heterocycles. The van der Waals surface area contributed by atoms with Gasteiger partial charge in [-0.05, 0) is 99.0 Å². The fourth-order valence-corrected chi connectivity index (χ4v) is 12.1. The van der Waals surface area contributed by atoms with E-state index in [2.05, 4.69) is 37.0 Å². The number of nitriles is 1. The zero-order valence-electron chi connectivity index (χ0n) is 37.9. The highest BCUT2D eigenvalue weighted by molar-refractivity contribution is 6.31. The average Bonchev–Trinajstić information content (AvgIpc) is 3.30. The van der Waals surface area contributed by atoms with Crippen LogP contribution in [0.3, 0.4) is 0 Å². The number of hydrazine groups is 1. The number of carbonyl (C=O) groups excluding carboxylic acids is 3. The number of rotatable bonds is 10. The highest BCUT2D eigenvalue weighted by Crippen LogP contribution is 2.59. The molecule has 0 radical (unpaired) electrons. The largest absolute Gasteiger partial charge is 0.489 e. The van der Waals surface area contributed by atoms with Crippen LogP contribution in [0.1, 0.15) is 105 Å². The van der Waals surface area contributed by atoms with Gasteiger partial charge >= 0.3 is 5.97 Å². The summed E-state index contributed by atoms with van der Waals surface area (Å²) in [7, 11) is 0. The number of halogens is 1. The number of ether oxygens (including phenoxy) is 1. The van der Waals surface area contributed by atoms with Crippen molar-refractivity contribution in [2.45, 2.75) is 96.5 Å². The molecule has 18 heteroatoms. The molecule has 7 heterocycles. The molecule has 3 N–H and O–H groups in total. The van der Waals surface area contributed by atoms with E-state index in [-0.39, 0.29) is 52.6 Å². The van der Waals surface area contributed by atoms with Crippen molar-refractivity contribution in [2.75, 3.05) is 32.7 Å². The van der Waals surface area contributed by atoms with Crippen molar-refractivity contribution in [1.82, 2.24) is 39.8 Å². The number of nitrogens with two attached hydrogens (primary N) is 1. The van der Waals surface area contributed by atoms with E-state index in [1.165, 1.54) is 11.1 Å². The standard InChI is InChI=1S/C49H53ClN10O7/c1-48(2)46(49(3,4)47(48)67-34-11-7-31(25-51)36(50)24-34)58-40(61)14-13-38(44(58)64)59-43(63)35-23-30(8-12-37(35)54-55-59)41(45(65)66)60-39(29-17-21-57(60)22-18-29)27-56-19-15-28(16-20-56)5-9-33-10-6-32(26-53-33)42(52)62/h6-8,10-12,23-24,26,28-29,38-39,41,46-47H,13-22,27H2,1-4H3,(H2,52,62)(H,65,66)/t38-,39+,41-,46?,47?/m1/s1. The van der Waals surface area contributed by atoms with Crippen molar-refractivity contribution in [3.05, 3.63) is 92.5 Å². The first-order chi connectivity index (χ1) is 32.0. The van der Waals surface area contributed by atoms with E-state index in [1.807, 2.05) is 38.8 Å². The molecule has 10 rings (SSSR count). The summed E-state index contributed by atoms with van der Waals surface area (Å²) in [5.41, 5.74) is 5.18. The van der Waals surface area contributed by atoms with Crippen LogP contribution in [0.15, 0.2) is 59.5 Å². The number of amides is 3. The molecule has 6 fully saturated rings. The lowest BCUT2D eigenvalue weighted by Crippen LogP contribution is -2.77. The Hall–Kier alpha value is -6.24. The van der Waals surface area contributed by atoms with Crippen molar-refractivity contribution >= 4 is 46.2 Å². The van der Waals surface area contributed by atoms with E-state index in [0.29, 0.717) is 34.7 Å². The van der Waals surface area contributed by atoms with E-state index in [4.69, 9.17) is 22.1 Å². The molecule has 348 valence electrons. The Bertz CT molecular complexity index is 2800. The first-order valence-corrected chi connectivity index (χ1v) is 23.2. The number of carbonyl (C=O) groups is 4. The summed E-state index contributed by atoms with van der Waals surface area (Å²) < 4.78 is 7.48. The van der Waals surface area contributed by atoms with Gasteiger partial charge in [0, 0.05) is 61.1 Å². The number of carboxylic acid groups (broad SMARTS) is 1. The monoisotopic (exact) mass is 928 g/mol. The van der Waals surface area contributed by atoms with Crippen LogP contribution in [-0.2, 0) is 14.4 Å². The van der Waals surface area contributed by atoms with Gasteiger partial charge in [0.1, 0.15) is 41.2 Å². The summed E-state index contributed by atoms with van der Waals surface area (Å²) in [4.78, 5) is 75.6. The van der Waals surface area contributed by atoms with Gasteiger partial charge in [-0.3, -0.25) is 28.9 Å². The van der Waals surface area contributed by atoms with Crippen LogP contribution in [0, 0.1) is 45.8 Å². The summed E-state index contributed by atoms with van der Waals surface area (Å²) in [6.07, 6.45) is 4.63. The molecular weight excluding hydrogens is 876 g/mol. The van der Waals surface area contributed by atoms with Crippen LogP contribution < -0.4 is 16.0 Å². The highest BCUT2D eigenvalue weighted by Gasteiger charge is 2.68. The number of aliphatic carboxylic acids is 1. The SMILES string of the molecule is CC1(C)C(Oc2ccc(C#N)c(Cl)c2)C(C)(C)C1N1C(=O)CC[C@@H](n2nnc3ccc([C@H](C(=O)O)N4[C@@H](CN5CCC(C#Cc6ccc(C(N)=O)cn6)CC5)C5CCN4CC5)cc3c2=O)C1=O. The van der Waals surface area contributed by atoms with Gasteiger partial charge in [0.25, 0.3) is 11.5 Å². The van der Waals surface area contributed by atoms with Gasteiger partial charge in [-0.15, -0.1) is 5.10 Å². The quantitative estimate of drug-likeness (QED) is 0.164. The van der Waals surface area contributed by atoms with Crippen LogP contribution in [-0.4, -0.2) is 120 Å².